The third kappa shape index (κ3) is 2.61. The van der Waals surface area contributed by atoms with E-state index in [9.17, 15) is 4.79 Å². The number of benzene rings is 2. The van der Waals surface area contributed by atoms with Crippen LogP contribution >= 0.6 is 11.3 Å². The molecule has 2 aromatic carbocycles. The molecule has 2 aromatic heterocycles. The summed E-state index contributed by atoms with van der Waals surface area (Å²) >= 11 is 1.64. The van der Waals surface area contributed by atoms with E-state index >= 15 is 0 Å². The maximum absolute atomic E-state index is 12.0. The molecule has 2 heterocycles. The summed E-state index contributed by atoms with van der Waals surface area (Å²) < 4.78 is 7.21. The molecule has 0 unspecified atom stereocenters. The van der Waals surface area contributed by atoms with Crippen molar-refractivity contribution in [1.29, 1.82) is 0 Å². The molecule has 0 atom stereocenters. The van der Waals surface area contributed by atoms with Gasteiger partial charge < -0.3 is 4.74 Å². The molecule has 130 valence electrons. The highest BCUT2D eigenvalue weighted by Gasteiger charge is 2.21. The molecule has 0 radical (unpaired) electrons. The fourth-order valence-electron chi connectivity index (χ4n) is 3.18. The number of thiazole rings is 1. The van der Waals surface area contributed by atoms with Gasteiger partial charge in [0.15, 0.2) is 11.2 Å². The number of hydrogen-bond donors (Lipinski definition) is 0. The first-order valence-electron chi connectivity index (χ1n) is 8.46. The van der Waals surface area contributed by atoms with E-state index in [2.05, 4.69) is 19.1 Å². The molecule has 4 nitrogen and oxygen atoms in total. The van der Waals surface area contributed by atoms with E-state index in [1.54, 1.807) is 18.4 Å². The summed E-state index contributed by atoms with van der Waals surface area (Å²) in [6.45, 7) is 2.13. The minimum atomic E-state index is 0.583. The van der Waals surface area contributed by atoms with Crippen LogP contribution in [-0.4, -0.2) is 22.8 Å². The van der Waals surface area contributed by atoms with Crippen molar-refractivity contribution in [2.75, 3.05) is 7.11 Å². The number of carbonyl (C=O) groups excluding carboxylic acids is 1. The van der Waals surface area contributed by atoms with Gasteiger partial charge in [0.1, 0.15) is 17.1 Å². The first-order chi connectivity index (χ1) is 12.8. The zero-order valence-corrected chi connectivity index (χ0v) is 15.4. The second kappa shape index (κ2) is 6.77. The molecule has 5 heteroatoms. The maximum atomic E-state index is 12.0. The van der Waals surface area contributed by atoms with Gasteiger partial charge in [-0.2, -0.15) is 0 Å². The summed E-state index contributed by atoms with van der Waals surface area (Å²) in [5.74, 6) is 0.778. The lowest BCUT2D eigenvalue weighted by Crippen LogP contribution is -1.96. The van der Waals surface area contributed by atoms with Crippen LogP contribution in [0, 0.1) is 0 Å². The van der Waals surface area contributed by atoms with E-state index in [4.69, 9.17) is 9.72 Å². The van der Waals surface area contributed by atoms with Crippen LogP contribution in [0.4, 0.5) is 0 Å². The topological polar surface area (TPSA) is 43.6 Å². The lowest BCUT2D eigenvalue weighted by Gasteiger charge is -2.06. The van der Waals surface area contributed by atoms with Crippen LogP contribution in [0.15, 0.2) is 54.6 Å². The molecular formula is C21H18N2O2S. The van der Waals surface area contributed by atoms with Crippen LogP contribution in [0.1, 0.15) is 22.3 Å². The molecule has 26 heavy (non-hydrogen) atoms. The second-order valence-corrected chi connectivity index (χ2v) is 6.97. The van der Waals surface area contributed by atoms with Crippen LogP contribution in [0.25, 0.3) is 27.5 Å². The number of methoxy groups -OCH3 is 1. The van der Waals surface area contributed by atoms with Gasteiger partial charge in [-0.3, -0.25) is 9.20 Å². The van der Waals surface area contributed by atoms with Crippen molar-refractivity contribution in [2.24, 2.45) is 0 Å². The average molecular weight is 362 g/mol. The van der Waals surface area contributed by atoms with E-state index in [1.807, 2.05) is 46.9 Å². The Balaban J connectivity index is 1.97. The molecule has 0 saturated carbocycles. The summed E-state index contributed by atoms with van der Waals surface area (Å²) in [7, 11) is 1.64. The van der Waals surface area contributed by atoms with Crippen molar-refractivity contribution in [3.8, 4) is 28.3 Å². The van der Waals surface area contributed by atoms with Gasteiger partial charge in [0, 0.05) is 10.4 Å². The number of aryl methyl sites for hydroxylation is 1. The normalized spacial score (nSPS) is 11.0. The molecule has 0 aliphatic rings. The number of carbonyl (C=O) groups is 1. The Morgan fingerprint density at radius 2 is 1.81 bits per heavy atom. The smallest absolute Gasteiger partial charge is 0.195 e. The fourth-order valence-corrected chi connectivity index (χ4v) is 4.26. The highest BCUT2D eigenvalue weighted by atomic mass is 32.1. The van der Waals surface area contributed by atoms with Gasteiger partial charge in [-0.05, 0) is 36.2 Å². The van der Waals surface area contributed by atoms with Crippen molar-refractivity contribution < 1.29 is 9.53 Å². The third-order valence-electron chi connectivity index (χ3n) is 4.43. The summed E-state index contributed by atoms with van der Waals surface area (Å²) in [4.78, 5) is 18.8. The molecule has 4 aromatic rings. The van der Waals surface area contributed by atoms with Crippen molar-refractivity contribution >= 4 is 22.6 Å². The lowest BCUT2D eigenvalue weighted by atomic mass is 10.1. The molecule has 0 spiro atoms. The highest BCUT2D eigenvalue weighted by molar-refractivity contribution is 7.17. The van der Waals surface area contributed by atoms with Gasteiger partial charge in [-0.1, -0.05) is 37.3 Å². The Kier molecular flexibility index (Phi) is 4.31. The molecule has 0 saturated heterocycles. The monoisotopic (exact) mass is 362 g/mol. The molecule has 0 aliphatic heterocycles. The molecule has 4 rings (SSSR count). The minimum absolute atomic E-state index is 0.583. The number of aromatic nitrogens is 2. The molecule has 0 N–H and O–H groups in total. The van der Waals surface area contributed by atoms with Crippen molar-refractivity contribution in [3.05, 3.63) is 65.2 Å². The Hall–Kier alpha value is -2.92. The Bertz CT molecular complexity index is 1060. The Morgan fingerprint density at radius 3 is 2.42 bits per heavy atom. The number of nitrogens with zero attached hydrogens (tertiary/aromatic N) is 2. The van der Waals surface area contributed by atoms with Crippen LogP contribution in [0.5, 0.6) is 5.75 Å². The van der Waals surface area contributed by atoms with Gasteiger partial charge in [-0.15, -0.1) is 11.3 Å². The summed E-state index contributed by atoms with van der Waals surface area (Å²) in [6, 6.07) is 17.8. The summed E-state index contributed by atoms with van der Waals surface area (Å²) in [5, 5.41) is 0. The number of aldehydes is 1. The van der Waals surface area contributed by atoms with Gasteiger partial charge in [0.05, 0.1) is 12.8 Å². The van der Waals surface area contributed by atoms with Gasteiger partial charge in [0.2, 0.25) is 0 Å². The average Bonchev–Trinajstić information content (AvgIpc) is 3.24. The van der Waals surface area contributed by atoms with Crippen LogP contribution in [0.2, 0.25) is 0 Å². The van der Waals surface area contributed by atoms with Gasteiger partial charge in [0.25, 0.3) is 0 Å². The summed E-state index contributed by atoms with van der Waals surface area (Å²) in [5.41, 5.74) is 4.34. The fraction of sp³-hybridized carbons (Fsp3) is 0.143. The van der Waals surface area contributed by atoms with Gasteiger partial charge >= 0.3 is 0 Å². The van der Waals surface area contributed by atoms with Gasteiger partial charge in [-0.25, -0.2) is 4.98 Å². The predicted octanol–water partition coefficient (Wildman–Crippen LogP) is 5.11. The van der Waals surface area contributed by atoms with E-state index < -0.39 is 0 Å². The third-order valence-corrected chi connectivity index (χ3v) is 5.61. The predicted molar refractivity (Wildman–Crippen MR) is 105 cm³/mol. The van der Waals surface area contributed by atoms with E-state index in [0.29, 0.717) is 11.4 Å². The zero-order chi connectivity index (χ0) is 18.1. The first kappa shape index (κ1) is 16.5. The van der Waals surface area contributed by atoms with E-state index in [1.165, 1.54) is 4.88 Å². The SMILES string of the molecule is CCc1sc2nc(-c3ccc(OC)cc3)c(C=O)n2c1-c1ccccc1. The standard InChI is InChI=1S/C21H18N2O2S/c1-3-18-20(15-7-5-4-6-8-15)23-17(13-24)19(22-21(23)26-18)14-9-11-16(25-2)12-10-14/h4-13H,3H2,1-2H3. The second-order valence-electron chi connectivity index (χ2n) is 5.90. The van der Waals surface area contributed by atoms with E-state index in [-0.39, 0.29) is 0 Å². The van der Waals surface area contributed by atoms with E-state index in [0.717, 1.165) is 40.2 Å². The molecule has 0 fully saturated rings. The highest BCUT2D eigenvalue weighted by Crippen LogP contribution is 2.36. The molecule has 0 amide bonds. The zero-order valence-electron chi connectivity index (χ0n) is 14.6. The number of imidazole rings is 1. The van der Waals surface area contributed by atoms with Crippen LogP contribution in [0.3, 0.4) is 0 Å². The lowest BCUT2D eigenvalue weighted by molar-refractivity contribution is 0.111. The van der Waals surface area contributed by atoms with Crippen molar-refractivity contribution in [2.45, 2.75) is 13.3 Å². The molecule has 0 bridgehead atoms. The van der Waals surface area contributed by atoms with Crippen molar-refractivity contribution in [1.82, 2.24) is 9.38 Å². The number of fused-ring (bicyclic) bond motifs is 1. The largest absolute Gasteiger partial charge is 0.497 e. The number of hydrogen-bond acceptors (Lipinski definition) is 4. The Labute approximate surface area is 155 Å². The Morgan fingerprint density at radius 1 is 1.08 bits per heavy atom. The maximum Gasteiger partial charge on any atom is 0.195 e. The molecular weight excluding hydrogens is 344 g/mol. The van der Waals surface area contributed by atoms with Crippen LogP contribution in [-0.2, 0) is 6.42 Å². The molecule has 0 aliphatic carbocycles. The quantitative estimate of drug-likeness (QED) is 0.463. The first-order valence-corrected chi connectivity index (χ1v) is 9.27. The number of ether oxygens (including phenoxy) is 1. The number of rotatable bonds is 5. The minimum Gasteiger partial charge on any atom is -0.497 e. The van der Waals surface area contributed by atoms with Crippen molar-refractivity contribution in [3.63, 3.8) is 0 Å². The summed E-state index contributed by atoms with van der Waals surface area (Å²) in [6.07, 6.45) is 1.80. The van der Waals surface area contributed by atoms with Crippen LogP contribution < -0.4 is 4.74 Å².